The fourth-order valence-electron chi connectivity index (χ4n) is 0.923. The molecule has 0 spiro atoms. The van der Waals surface area contributed by atoms with E-state index in [9.17, 15) is 4.57 Å². The number of hydrogen-bond donors (Lipinski definition) is 1. The Labute approximate surface area is 86.0 Å². The first kappa shape index (κ1) is 13.7. The maximum absolute atomic E-state index is 12.0. The zero-order valence-electron chi connectivity index (χ0n) is 9.48. The molecule has 2 N–H and O–H groups in total. The highest BCUT2D eigenvalue weighted by molar-refractivity contribution is 7.57. The molecule has 0 aliphatic heterocycles. The van der Waals surface area contributed by atoms with Crippen molar-refractivity contribution in [3.63, 3.8) is 0 Å². The van der Waals surface area contributed by atoms with Gasteiger partial charge in [0.1, 0.15) is 0 Å². The third-order valence-corrected chi connectivity index (χ3v) is 3.23. The second-order valence-corrected chi connectivity index (χ2v) is 5.48. The van der Waals surface area contributed by atoms with Crippen LogP contribution in [0, 0.1) is 0 Å². The molecule has 4 nitrogen and oxygen atoms in total. The second kappa shape index (κ2) is 5.54. The fourth-order valence-corrected chi connectivity index (χ4v) is 2.77. The van der Waals surface area contributed by atoms with Crippen LogP contribution in [0.2, 0.25) is 0 Å². The van der Waals surface area contributed by atoms with E-state index in [-0.39, 0.29) is 12.2 Å². The van der Waals surface area contributed by atoms with Crippen molar-refractivity contribution < 1.29 is 13.6 Å². The van der Waals surface area contributed by atoms with E-state index in [1.807, 2.05) is 0 Å². The first-order valence-corrected chi connectivity index (χ1v) is 6.28. The van der Waals surface area contributed by atoms with Crippen LogP contribution >= 0.6 is 7.60 Å². The van der Waals surface area contributed by atoms with Crippen molar-refractivity contribution in [2.45, 2.75) is 46.8 Å². The molecule has 0 atom stereocenters. The van der Waals surface area contributed by atoms with Crippen molar-refractivity contribution in [1.82, 2.24) is 0 Å². The van der Waals surface area contributed by atoms with Gasteiger partial charge >= 0.3 is 7.60 Å². The smallest absolute Gasteiger partial charge is 0.356 e. The lowest BCUT2D eigenvalue weighted by molar-refractivity contribution is 0.149. The predicted octanol–water partition coefficient (Wildman–Crippen LogP) is 2.85. The van der Waals surface area contributed by atoms with Crippen molar-refractivity contribution >= 4 is 7.60 Å². The minimum absolute atomic E-state index is 0.157. The summed E-state index contributed by atoms with van der Waals surface area (Å²) in [5, 5.41) is 0. The van der Waals surface area contributed by atoms with E-state index < -0.39 is 7.60 Å². The maximum Gasteiger partial charge on any atom is 0.356 e. The van der Waals surface area contributed by atoms with Crippen molar-refractivity contribution in [3.8, 4) is 0 Å². The number of nitrogens with two attached hydrogens (primary N) is 1. The van der Waals surface area contributed by atoms with E-state index in [0.717, 1.165) is 0 Å². The third kappa shape index (κ3) is 6.19. The summed E-state index contributed by atoms with van der Waals surface area (Å²) in [7, 11) is -3.17. The van der Waals surface area contributed by atoms with Gasteiger partial charge in [-0.15, -0.1) is 0 Å². The van der Waals surface area contributed by atoms with Crippen molar-refractivity contribution in [2.75, 3.05) is 0 Å². The van der Waals surface area contributed by atoms with Crippen LogP contribution in [0.25, 0.3) is 0 Å². The molecule has 0 aliphatic carbocycles. The first-order valence-electron chi connectivity index (χ1n) is 4.66. The molecule has 0 saturated carbocycles. The molecule has 0 unspecified atom stereocenters. The van der Waals surface area contributed by atoms with Gasteiger partial charge in [-0.05, 0) is 34.6 Å². The van der Waals surface area contributed by atoms with Gasteiger partial charge in [0.25, 0.3) is 0 Å². The molecule has 0 rings (SSSR count). The highest BCUT2D eigenvalue weighted by atomic mass is 31.2. The molecule has 14 heavy (non-hydrogen) atoms. The largest absolute Gasteiger partial charge is 0.402 e. The predicted molar refractivity (Wildman–Crippen MR) is 58.0 cm³/mol. The molecular formula is C9H20NO3P. The number of rotatable bonds is 5. The zero-order chi connectivity index (χ0) is 11.4. The second-order valence-electron chi connectivity index (χ2n) is 3.72. The summed E-state index contributed by atoms with van der Waals surface area (Å²) in [5.41, 5.74) is 5.90. The van der Waals surface area contributed by atoms with Crippen LogP contribution in [0.3, 0.4) is 0 Å². The summed E-state index contributed by atoms with van der Waals surface area (Å²) in [4.78, 5) is 0. The van der Waals surface area contributed by atoms with Gasteiger partial charge in [0, 0.05) is 11.5 Å². The summed E-state index contributed by atoms with van der Waals surface area (Å²) in [6, 6.07) is 0. The summed E-state index contributed by atoms with van der Waals surface area (Å²) in [6.07, 6.45) is -0.314. The molecule has 84 valence electrons. The molecule has 0 amide bonds. The summed E-state index contributed by atoms with van der Waals surface area (Å²) >= 11 is 0. The summed E-state index contributed by atoms with van der Waals surface area (Å²) < 4.78 is 22.5. The molecule has 0 aliphatic rings. The zero-order valence-corrected chi connectivity index (χ0v) is 10.4. The van der Waals surface area contributed by atoms with E-state index >= 15 is 0 Å². The SMILES string of the molecule is C/C(N)=C/P(=O)(OC(C)C)OC(C)C. The first-order chi connectivity index (χ1) is 6.25. The molecule has 0 aromatic heterocycles. The van der Waals surface area contributed by atoms with Crippen molar-refractivity contribution in [3.05, 3.63) is 11.5 Å². The molecule has 0 aromatic carbocycles. The van der Waals surface area contributed by atoms with Crippen LogP contribution in [0.15, 0.2) is 11.5 Å². The summed E-state index contributed by atoms with van der Waals surface area (Å²) in [6.45, 7) is 8.86. The average molecular weight is 221 g/mol. The van der Waals surface area contributed by atoms with E-state index in [1.54, 1.807) is 34.6 Å². The standard InChI is InChI=1S/C9H20NO3P/c1-7(2)12-14(11,6-9(5)10)13-8(3)4/h6-8H,10H2,1-5H3/b9-6-. The Morgan fingerprint density at radius 2 is 1.57 bits per heavy atom. The highest BCUT2D eigenvalue weighted by Crippen LogP contribution is 2.52. The van der Waals surface area contributed by atoms with Gasteiger partial charge in [0.2, 0.25) is 0 Å². The van der Waals surface area contributed by atoms with Gasteiger partial charge in [-0.25, -0.2) is 0 Å². The number of allylic oxidation sites excluding steroid dienone is 1. The monoisotopic (exact) mass is 221 g/mol. The van der Waals surface area contributed by atoms with Gasteiger partial charge in [-0.3, -0.25) is 4.57 Å². The Bertz CT molecular complexity index is 230. The van der Waals surface area contributed by atoms with Gasteiger partial charge in [-0.2, -0.15) is 0 Å². The van der Waals surface area contributed by atoms with Crippen LogP contribution in [0.1, 0.15) is 34.6 Å². The lowest BCUT2D eigenvalue weighted by atomic mass is 10.5. The summed E-state index contributed by atoms with van der Waals surface area (Å²) in [5.74, 6) is 1.35. The lowest BCUT2D eigenvalue weighted by Crippen LogP contribution is -2.07. The molecule has 0 radical (unpaired) electrons. The average Bonchev–Trinajstić information content (AvgIpc) is 1.76. The Balaban J connectivity index is 4.68. The van der Waals surface area contributed by atoms with Crippen LogP contribution in [0.4, 0.5) is 0 Å². The van der Waals surface area contributed by atoms with E-state index in [4.69, 9.17) is 14.8 Å². The Kier molecular flexibility index (Phi) is 5.42. The molecular weight excluding hydrogens is 201 g/mol. The molecule has 0 bridgehead atoms. The number of hydrogen-bond acceptors (Lipinski definition) is 4. The molecule has 0 aromatic rings. The highest BCUT2D eigenvalue weighted by Gasteiger charge is 2.24. The minimum Gasteiger partial charge on any atom is -0.402 e. The molecule has 0 fully saturated rings. The van der Waals surface area contributed by atoms with Crippen molar-refractivity contribution in [1.29, 1.82) is 0 Å². The van der Waals surface area contributed by atoms with Crippen molar-refractivity contribution in [2.24, 2.45) is 5.73 Å². The van der Waals surface area contributed by atoms with Crippen LogP contribution in [-0.4, -0.2) is 12.2 Å². The van der Waals surface area contributed by atoms with E-state index in [2.05, 4.69) is 0 Å². The molecule has 0 heterocycles. The van der Waals surface area contributed by atoms with Crippen LogP contribution in [-0.2, 0) is 13.6 Å². The minimum atomic E-state index is -3.17. The lowest BCUT2D eigenvalue weighted by Gasteiger charge is -2.20. The normalized spacial score (nSPS) is 14.1. The van der Waals surface area contributed by atoms with Gasteiger partial charge in [0.15, 0.2) is 0 Å². The van der Waals surface area contributed by atoms with Crippen LogP contribution < -0.4 is 5.73 Å². The Morgan fingerprint density at radius 3 is 1.79 bits per heavy atom. The van der Waals surface area contributed by atoms with Crippen LogP contribution in [0.5, 0.6) is 0 Å². The quantitative estimate of drug-likeness (QED) is 0.725. The fraction of sp³-hybridized carbons (Fsp3) is 0.778. The Hall–Kier alpha value is -0.310. The van der Waals surface area contributed by atoms with E-state index in [0.29, 0.717) is 5.70 Å². The molecule has 5 heteroatoms. The topological polar surface area (TPSA) is 61.6 Å². The maximum atomic E-state index is 12.0. The van der Waals surface area contributed by atoms with Gasteiger partial charge in [0.05, 0.1) is 12.2 Å². The van der Waals surface area contributed by atoms with E-state index in [1.165, 1.54) is 5.82 Å². The molecule has 0 saturated heterocycles. The Morgan fingerprint density at radius 1 is 1.21 bits per heavy atom. The third-order valence-electron chi connectivity index (χ3n) is 1.08. The van der Waals surface area contributed by atoms with Gasteiger partial charge in [-0.1, -0.05) is 0 Å². The van der Waals surface area contributed by atoms with Gasteiger partial charge < -0.3 is 14.8 Å².